The fourth-order valence-corrected chi connectivity index (χ4v) is 1.54. The van der Waals surface area contributed by atoms with E-state index in [0.717, 1.165) is 0 Å². The van der Waals surface area contributed by atoms with Crippen molar-refractivity contribution < 1.29 is 28.7 Å². The molecule has 0 fully saturated rings. The van der Waals surface area contributed by atoms with E-state index < -0.39 is 17.9 Å². The van der Waals surface area contributed by atoms with Crippen molar-refractivity contribution >= 4 is 11.9 Å². The number of aliphatic carboxylic acids is 1. The van der Waals surface area contributed by atoms with Gasteiger partial charge >= 0.3 is 5.97 Å². The zero-order valence-corrected chi connectivity index (χ0v) is 10.3. The van der Waals surface area contributed by atoms with Crippen molar-refractivity contribution in [2.75, 3.05) is 6.61 Å². The molecular weight excluding hydrogens is 268 g/mol. The van der Waals surface area contributed by atoms with Gasteiger partial charge in [-0.15, -0.1) is 0 Å². The van der Waals surface area contributed by atoms with E-state index in [4.69, 9.17) is 19.2 Å². The Morgan fingerprint density at radius 2 is 2.20 bits per heavy atom. The van der Waals surface area contributed by atoms with Gasteiger partial charge in [-0.1, -0.05) is 5.16 Å². The highest BCUT2D eigenvalue weighted by atomic mass is 16.5. The van der Waals surface area contributed by atoms with Crippen molar-refractivity contribution in [1.82, 2.24) is 10.5 Å². The number of carbonyl (C=O) groups is 2. The van der Waals surface area contributed by atoms with Crippen molar-refractivity contribution in [3.63, 3.8) is 0 Å². The van der Waals surface area contributed by atoms with Crippen LogP contribution >= 0.6 is 0 Å². The number of carbonyl (C=O) groups excluding carboxylic acids is 1. The van der Waals surface area contributed by atoms with Crippen LogP contribution in [-0.2, 0) is 4.79 Å². The number of amides is 1. The molecule has 0 aliphatic carbocycles. The molecule has 1 amide bonds. The first kappa shape index (κ1) is 13.8. The summed E-state index contributed by atoms with van der Waals surface area (Å²) in [6, 6.07) is 3.44. The summed E-state index contributed by atoms with van der Waals surface area (Å²) in [5.41, 5.74) is -0.0689. The highest BCUT2D eigenvalue weighted by Crippen LogP contribution is 2.20. The summed E-state index contributed by atoms with van der Waals surface area (Å²) in [5.74, 6) is -1.27. The average molecular weight is 280 g/mol. The van der Waals surface area contributed by atoms with Crippen LogP contribution in [0, 0.1) is 0 Å². The summed E-state index contributed by atoms with van der Waals surface area (Å²) < 4.78 is 10.0. The number of nitrogens with one attached hydrogen (secondary N) is 1. The smallest absolute Gasteiger partial charge is 0.326 e. The lowest BCUT2D eigenvalue weighted by atomic mass is 10.2. The molecule has 8 nitrogen and oxygen atoms in total. The molecule has 2 heterocycles. The van der Waals surface area contributed by atoms with Crippen molar-refractivity contribution in [2.45, 2.75) is 12.5 Å². The fourth-order valence-electron chi connectivity index (χ4n) is 1.54. The summed E-state index contributed by atoms with van der Waals surface area (Å²) in [6.45, 7) is -0.353. The first-order valence-electron chi connectivity index (χ1n) is 5.77. The monoisotopic (exact) mass is 280 g/mol. The van der Waals surface area contributed by atoms with Gasteiger partial charge in [-0.2, -0.15) is 0 Å². The van der Waals surface area contributed by atoms with Gasteiger partial charge in [-0.05, 0) is 12.1 Å². The van der Waals surface area contributed by atoms with Crippen LogP contribution in [0.15, 0.2) is 33.4 Å². The Morgan fingerprint density at radius 3 is 2.80 bits per heavy atom. The number of aliphatic hydroxyl groups is 1. The second kappa shape index (κ2) is 6.02. The van der Waals surface area contributed by atoms with Crippen LogP contribution in [0.3, 0.4) is 0 Å². The zero-order chi connectivity index (χ0) is 14.5. The number of furan rings is 1. The lowest BCUT2D eigenvalue weighted by Gasteiger charge is -2.11. The van der Waals surface area contributed by atoms with E-state index >= 15 is 0 Å². The Hall–Kier alpha value is -2.61. The third kappa shape index (κ3) is 3.04. The number of aromatic nitrogens is 1. The van der Waals surface area contributed by atoms with Gasteiger partial charge in [-0.3, -0.25) is 4.79 Å². The molecule has 20 heavy (non-hydrogen) atoms. The number of rotatable bonds is 6. The molecule has 0 aliphatic heterocycles. The minimum Gasteiger partial charge on any atom is -0.480 e. The molecule has 8 heteroatoms. The normalized spacial score (nSPS) is 12.1. The molecule has 2 rings (SSSR count). The maximum absolute atomic E-state index is 11.8. The summed E-state index contributed by atoms with van der Waals surface area (Å²) >= 11 is 0. The van der Waals surface area contributed by atoms with Crippen LogP contribution in [0.2, 0.25) is 0 Å². The van der Waals surface area contributed by atoms with Crippen molar-refractivity contribution in [3.05, 3.63) is 30.2 Å². The second-order valence-corrected chi connectivity index (χ2v) is 3.93. The first-order chi connectivity index (χ1) is 9.61. The SMILES string of the molecule is O=C(N[C@@H](CCO)C(=O)O)c1cc(-c2ccco2)on1. The number of hydrogen-bond acceptors (Lipinski definition) is 6. The lowest BCUT2D eigenvalue weighted by molar-refractivity contribution is -0.139. The number of aliphatic hydroxyl groups excluding tert-OH is 1. The van der Waals surface area contributed by atoms with E-state index in [2.05, 4.69) is 10.5 Å². The molecule has 3 N–H and O–H groups in total. The molecule has 0 aliphatic rings. The van der Waals surface area contributed by atoms with E-state index in [-0.39, 0.29) is 24.5 Å². The van der Waals surface area contributed by atoms with Gasteiger partial charge < -0.3 is 24.5 Å². The van der Waals surface area contributed by atoms with Gasteiger partial charge in [0.1, 0.15) is 6.04 Å². The van der Waals surface area contributed by atoms with Gasteiger partial charge in [0.15, 0.2) is 11.5 Å². The van der Waals surface area contributed by atoms with Crippen molar-refractivity contribution in [1.29, 1.82) is 0 Å². The maximum Gasteiger partial charge on any atom is 0.326 e. The van der Waals surface area contributed by atoms with Crippen LogP contribution in [0.1, 0.15) is 16.9 Å². The quantitative estimate of drug-likeness (QED) is 0.703. The van der Waals surface area contributed by atoms with Crippen LogP contribution < -0.4 is 5.32 Å². The van der Waals surface area contributed by atoms with Gasteiger partial charge in [0, 0.05) is 19.1 Å². The standard InChI is InChI=1S/C12H12N2O6/c15-4-3-7(12(17)18)13-11(16)8-6-10(20-14-8)9-2-1-5-19-9/h1-2,5-7,15H,3-4H2,(H,13,16)(H,17,18)/t7-/m0/s1. The highest BCUT2D eigenvalue weighted by molar-refractivity contribution is 5.95. The first-order valence-corrected chi connectivity index (χ1v) is 5.77. The van der Waals surface area contributed by atoms with E-state index in [1.807, 2.05) is 0 Å². The highest BCUT2D eigenvalue weighted by Gasteiger charge is 2.22. The van der Waals surface area contributed by atoms with Gasteiger partial charge in [0.25, 0.3) is 5.91 Å². The van der Waals surface area contributed by atoms with Gasteiger partial charge in [-0.25, -0.2) is 4.79 Å². The molecule has 0 spiro atoms. The second-order valence-electron chi connectivity index (χ2n) is 3.93. The minimum absolute atomic E-state index is 0.0689. The number of nitrogens with zero attached hydrogens (tertiary/aromatic N) is 1. The van der Waals surface area contributed by atoms with Crippen LogP contribution in [0.25, 0.3) is 11.5 Å². The number of carboxylic acid groups (broad SMARTS) is 1. The molecule has 106 valence electrons. The minimum atomic E-state index is -1.23. The van der Waals surface area contributed by atoms with E-state index in [9.17, 15) is 9.59 Å². The van der Waals surface area contributed by atoms with E-state index in [1.165, 1.54) is 12.3 Å². The lowest BCUT2D eigenvalue weighted by Crippen LogP contribution is -2.41. The van der Waals surface area contributed by atoms with Crippen LogP contribution in [-0.4, -0.2) is 39.9 Å². The molecule has 0 aromatic carbocycles. The molecule has 0 saturated carbocycles. The summed E-state index contributed by atoms with van der Waals surface area (Å²) in [4.78, 5) is 22.7. The Morgan fingerprint density at radius 1 is 1.40 bits per heavy atom. The molecule has 0 bridgehead atoms. The Bertz CT molecular complexity index is 589. The van der Waals surface area contributed by atoms with E-state index in [0.29, 0.717) is 5.76 Å². The van der Waals surface area contributed by atoms with Crippen molar-refractivity contribution in [2.24, 2.45) is 0 Å². The summed E-state index contributed by atoms with van der Waals surface area (Å²) in [7, 11) is 0. The number of hydrogen-bond donors (Lipinski definition) is 3. The third-order valence-corrected chi connectivity index (χ3v) is 2.53. The Kier molecular flexibility index (Phi) is 4.16. The molecule has 0 unspecified atom stereocenters. The predicted molar refractivity (Wildman–Crippen MR) is 64.8 cm³/mol. The topological polar surface area (TPSA) is 126 Å². The Labute approximate surface area is 113 Å². The fraction of sp³-hybridized carbons (Fsp3) is 0.250. The molecule has 2 aromatic rings. The largest absolute Gasteiger partial charge is 0.480 e. The van der Waals surface area contributed by atoms with Gasteiger partial charge in [0.2, 0.25) is 5.76 Å². The molecule has 0 radical (unpaired) electrons. The van der Waals surface area contributed by atoms with Crippen LogP contribution in [0.5, 0.6) is 0 Å². The molecule has 1 atom stereocenters. The van der Waals surface area contributed by atoms with E-state index in [1.54, 1.807) is 12.1 Å². The van der Waals surface area contributed by atoms with Gasteiger partial charge in [0.05, 0.1) is 6.26 Å². The summed E-state index contributed by atoms with van der Waals surface area (Å²) in [5, 5.41) is 23.4. The third-order valence-electron chi connectivity index (χ3n) is 2.53. The molecule has 0 saturated heterocycles. The predicted octanol–water partition coefficient (Wildman–Crippen LogP) is 0.500. The summed E-state index contributed by atoms with van der Waals surface area (Å²) in [6.07, 6.45) is 1.35. The van der Waals surface area contributed by atoms with Crippen molar-refractivity contribution in [3.8, 4) is 11.5 Å². The Balaban J connectivity index is 2.08. The zero-order valence-electron chi connectivity index (χ0n) is 10.3. The average Bonchev–Trinajstić information content (AvgIpc) is 3.08. The maximum atomic E-state index is 11.8. The molecule has 2 aromatic heterocycles. The van der Waals surface area contributed by atoms with Crippen LogP contribution in [0.4, 0.5) is 0 Å². The number of carboxylic acids is 1. The molecular formula is C12H12N2O6.